The average molecular weight is 436 g/mol. The molecule has 1 aromatic heterocycles. The first-order valence-corrected chi connectivity index (χ1v) is 12.8. The summed E-state index contributed by atoms with van der Waals surface area (Å²) in [6, 6.07) is 4.26. The molecule has 0 saturated heterocycles. The van der Waals surface area contributed by atoms with Gasteiger partial charge in [-0.05, 0) is 42.4 Å². The van der Waals surface area contributed by atoms with Gasteiger partial charge in [0.15, 0.2) is 0 Å². The topological polar surface area (TPSA) is 22.1 Å². The molecule has 1 aromatic carbocycles. The number of alkyl halides is 1. The lowest BCUT2D eigenvalue weighted by Gasteiger charge is -2.27. The summed E-state index contributed by atoms with van der Waals surface area (Å²) >= 11 is 1.79. The second-order valence-electron chi connectivity index (χ2n) is 9.66. The lowest BCUT2D eigenvalue weighted by molar-refractivity contribution is 0.193. The second kappa shape index (κ2) is 11.5. The number of unbranched alkanes of at least 4 members (excludes halogenated alkanes) is 5. The fourth-order valence-electron chi connectivity index (χ4n) is 4.07. The molecule has 0 N–H and O–H groups in total. The number of hydrogen-bond donors (Lipinski definition) is 0. The molecule has 0 spiro atoms. The van der Waals surface area contributed by atoms with Crippen molar-refractivity contribution < 1.29 is 9.13 Å². The smallest absolute Gasteiger partial charge is 0.228 e. The molecule has 0 amide bonds. The zero-order valence-electron chi connectivity index (χ0n) is 20.1. The number of rotatable bonds is 14. The number of thiazole rings is 1. The Morgan fingerprint density at radius 2 is 1.57 bits per heavy atom. The number of aromatic nitrogens is 1. The van der Waals surface area contributed by atoms with Crippen molar-refractivity contribution in [3.63, 3.8) is 0 Å². The monoisotopic (exact) mass is 435 g/mol. The van der Waals surface area contributed by atoms with Crippen molar-refractivity contribution in [1.82, 2.24) is 4.98 Å². The lowest BCUT2D eigenvalue weighted by Crippen LogP contribution is -2.22. The summed E-state index contributed by atoms with van der Waals surface area (Å²) in [5, 5.41) is 1.19. The van der Waals surface area contributed by atoms with E-state index in [-0.39, 0.29) is 10.8 Å². The third-order valence-corrected chi connectivity index (χ3v) is 8.07. The Morgan fingerprint density at radius 3 is 2.17 bits per heavy atom. The number of ether oxygens (including phenoxy) is 1. The maximum Gasteiger partial charge on any atom is 0.228 e. The van der Waals surface area contributed by atoms with E-state index < -0.39 is 6.86 Å². The summed E-state index contributed by atoms with van der Waals surface area (Å²) in [5.41, 5.74) is 2.14. The fourth-order valence-corrected chi connectivity index (χ4v) is 5.29. The largest absolute Gasteiger partial charge is 0.461 e. The van der Waals surface area contributed by atoms with E-state index in [9.17, 15) is 4.39 Å². The van der Waals surface area contributed by atoms with Crippen LogP contribution in [0.4, 0.5) is 4.39 Å². The molecule has 0 aliphatic carbocycles. The minimum Gasteiger partial charge on any atom is -0.461 e. The molecule has 0 aliphatic heterocycles. The van der Waals surface area contributed by atoms with Crippen molar-refractivity contribution in [2.75, 3.05) is 6.86 Å². The van der Waals surface area contributed by atoms with Crippen molar-refractivity contribution in [2.45, 2.75) is 117 Å². The van der Waals surface area contributed by atoms with Gasteiger partial charge in [0, 0.05) is 5.41 Å². The average Bonchev–Trinajstić information content (AvgIpc) is 3.17. The van der Waals surface area contributed by atoms with Crippen LogP contribution in [0, 0.1) is 0 Å². The number of benzene rings is 1. The van der Waals surface area contributed by atoms with Gasteiger partial charge in [0.2, 0.25) is 6.86 Å². The Labute approximate surface area is 187 Å². The maximum atomic E-state index is 13.2. The Balaban J connectivity index is 2.45. The summed E-state index contributed by atoms with van der Waals surface area (Å²) in [6.45, 7) is 12.8. The molecular weight excluding hydrogens is 393 g/mol. The highest BCUT2D eigenvalue weighted by molar-refractivity contribution is 7.18. The van der Waals surface area contributed by atoms with Gasteiger partial charge in [-0.3, -0.25) is 0 Å². The van der Waals surface area contributed by atoms with Gasteiger partial charge in [-0.1, -0.05) is 86.5 Å². The van der Waals surface area contributed by atoms with Gasteiger partial charge < -0.3 is 4.74 Å². The van der Waals surface area contributed by atoms with E-state index in [0.29, 0.717) is 5.75 Å². The van der Waals surface area contributed by atoms with Crippen molar-refractivity contribution in [3.8, 4) is 5.75 Å². The molecule has 30 heavy (non-hydrogen) atoms. The van der Waals surface area contributed by atoms with E-state index in [2.05, 4.69) is 47.6 Å². The Hall–Kier alpha value is -1.16. The van der Waals surface area contributed by atoms with Crippen molar-refractivity contribution >= 4 is 21.6 Å². The minimum absolute atomic E-state index is 0.0251. The predicted octanol–water partition coefficient (Wildman–Crippen LogP) is 9.10. The predicted molar refractivity (Wildman–Crippen MR) is 130 cm³/mol. The number of halogens is 1. The van der Waals surface area contributed by atoms with Gasteiger partial charge in [-0.15, -0.1) is 11.3 Å². The normalized spacial score (nSPS) is 14.2. The van der Waals surface area contributed by atoms with E-state index in [1.165, 1.54) is 68.4 Å². The number of fused-ring (bicyclic) bond motifs is 1. The van der Waals surface area contributed by atoms with Crippen LogP contribution in [0.2, 0.25) is 0 Å². The van der Waals surface area contributed by atoms with E-state index in [1.54, 1.807) is 11.3 Å². The quantitative estimate of drug-likeness (QED) is 0.276. The van der Waals surface area contributed by atoms with Crippen LogP contribution in [0.15, 0.2) is 12.1 Å². The molecule has 4 heteroatoms. The van der Waals surface area contributed by atoms with Gasteiger partial charge in [-0.25, -0.2) is 9.37 Å². The third-order valence-electron chi connectivity index (χ3n) is 6.77. The first-order valence-electron chi connectivity index (χ1n) is 12.0. The molecule has 0 bridgehead atoms. The molecule has 1 unspecified atom stereocenters. The molecule has 2 aromatic rings. The van der Waals surface area contributed by atoms with E-state index >= 15 is 0 Å². The van der Waals surface area contributed by atoms with Crippen LogP contribution >= 0.6 is 11.3 Å². The van der Waals surface area contributed by atoms with Crippen LogP contribution in [-0.4, -0.2) is 11.8 Å². The summed E-state index contributed by atoms with van der Waals surface area (Å²) in [5.74, 6) is 0.593. The highest BCUT2D eigenvalue weighted by Crippen LogP contribution is 2.43. The summed E-state index contributed by atoms with van der Waals surface area (Å²) < 4.78 is 19.7. The molecule has 170 valence electrons. The summed E-state index contributed by atoms with van der Waals surface area (Å²) in [7, 11) is 0. The summed E-state index contributed by atoms with van der Waals surface area (Å²) in [4.78, 5) is 5.06. The molecule has 1 heterocycles. The fraction of sp³-hybridized carbons (Fsp3) is 0.731. The van der Waals surface area contributed by atoms with Crippen LogP contribution in [0.5, 0.6) is 5.75 Å². The third kappa shape index (κ3) is 6.18. The van der Waals surface area contributed by atoms with Gasteiger partial charge in [0.05, 0.1) is 9.71 Å². The van der Waals surface area contributed by atoms with Gasteiger partial charge >= 0.3 is 0 Å². The maximum absolute atomic E-state index is 13.2. The molecule has 2 nitrogen and oxygen atoms in total. The van der Waals surface area contributed by atoms with Crippen molar-refractivity contribution in [3.05, 3.63) is 22.7 Å². The van der Waals surface area contributed by atoms with E-state index in [0.717, 1.165) is 16.6 Å². The van der Waals surface area contributed by atoms with Gasteiger partial charge in [-0.2, -0.15) is 0 Å². The molecule has 0 radical (unpaired) electrons. The van der Waals surface area contributed by atoms with E-state index in [1.807, 2.05) is 6.07 Å². The molecule has 0 fully saturated rings. The highest BCUT2D eigenvalue weighted by Gasteiger charge is 2.31. The SMILES string of the molecule is CCCCCCC(C)(CCCCC)c1nc2c(OCF)cc(C(C)(C)CC)cc2s1. The van der Waals surface area contributed by atoms with Gasteiger partial charge in [0.1, 0.15) is 11.3 Å². The molecule has 0 saturated carbocycles. The summed E-state index contributed by atoms with van der Waals surface area (Å²) in [6.07, 6.45) is 12.2. The Morgan fingerprint density at radius 1 is 0.933 bits per heavy atom. The minimum atomic E-state index is -0.817. The van der Waals surface area contributed by atoms with Crippen molar-refractivity contribution in [2.24, 2.45) is 0 Å². The Bertz CT molecular complexity index is 785. The van der Waals surface area contributed by atoms with Crippen LogP contribution in [0.3, 0.4) is 0 Å². The Kier molecular flexibility index (Phi) is 9.59. The molecule has 2 rings (SSSR count). The number of nitrogens with zero attached hydrogens (tertiary/aromatic N) is 1. The first kappa shape index (κ1) is 25.1. The zero-order valence-corrected chi connectivity index (χ0v) is 20.9. The highest BCUT2D eigenvalue weighted by atomic mass is 32.1. The zero-order chi connectivity index (χ0) is 22.2. The van der Waals surface area contributed by atoms with Crippen molar-refractivity contribution in [1.29, 1.82) is 0 Å². The van der Waals surface area contributed by atoms with Crippen LogP contribution in [0.25, 0.3) is 10.2 Å². The molecular formula is C26H42FNOS. The van der Waals surface area contributed by atoms with Crippen LogP contribution in [-0.2, 0) is 10.8 Å². The van der Waals surface area contributed by atoms with E-state index in [4.69, 9.17) is 9.72 Å². The lowest BCUT2D eigenvalue weighted by atomic mass is 9.80. The van der Waals surface area contributed by atoms with Gasteiger partial charge in [0.25, 0.3) is 0 Å². The standard InChI is InChI=1S/C26H42FNOS/c1-7-10-12-14-16-26(6,15-13-11-8-2)24-28-23-21(29-19-27)17-20(18-22(23)30-24)25(4,5)9-3/h17-18H,7-16,19H2,1-6H3. The number of hydrogen-bond acceptors (Lipinski definition) is 3. The van der Waals surface area contributed by atoms with Crippen LogP contribution < -0.4 is 4.74 Å². The molecule has 1 atom stereocenters. The first-order chi connectivity index (χ1) is 14.3. The molecule has 0 aliphatic rings. The second-order valence-corrected chi connectivity index (χ2v) is 10.7. The van der Waals surface area contributed by atoms with Crippen LogP contribution in [0.1, 0.15) is 116 Å².